The van der Waals surface area contributed by atoms with E-state index in [1.165, 1.54) is 0 Å². The van der Waals surface area contributed by atoms with E-state index in [1.807, 2.05) is 0 Å². The Hall–Kier alpha value is -1.89. The minimum Gasteiger partial charge on any atom is -0.443 e. The van der Waals surface area contributed by atoms with E-state index in [0.717, 1.165) is 0 Å². The number of nitrogens with one attached hydrogen (secondary N) is 3. The van der Waals surface area contributed by atoms with Gasteiger partial charge in [-0.2, -0.15) is 0 Å². The summed E-state index contributed by atoms with van der Waals surface area (Å²) in [6, 6.07) is -0.389. The fraction of sp³-hybridized carbons (Fsp3) is 0.615. The first kappa shape index (κ1) is 16.2. The highest BCUT2D eigenvalue weighted by atomic mass is 16.6. The quantitative estimate of drug-likeness (QED) is 0.730. The second-order valence-electron chi connectivity index (χ2n) is 5.64. The van der Waals surface area contributed by atoms with Gasteiger partial charge in [0.05, 0.1) is 11.6 Å². The van der Waals surface area contributed by atoms with Gasteiger partial charge >= 0.3 is 6.09 Å². The summed E-state index contributed by atoms with van der Waals surface area (Å²) in [5.74, 6) is 0.559. The summed E-state index contributed by atoms with van der Waals surface area (Å²) in [7, 11) is 0. The van der Waals surface area contributed by atoms with Crippen molar-refractivity contribution < 1.29 is 9.53 Å². The molecule has 1 heterocycles. The molecule has 1 unspecified atom stereocenters. The molecule has 1 rings (SSSR count). The number of aromatic nitrogens is 2. The number of hydrazine groups is 1. The lowest BCUT2D eigenvalue weighted by atomic mass is 10.1. The first-order valence-electron chi connectivity index (χ1n) is 6.42. The third-order valence-electron chi connectivity index (χ3n) is 2.49. The molecule has 0 aliphatic rings. The van der Waals surface area contributed by atoms with E-state index in [-0.39, 0.29) is 11.6 Å². The van der Waals surface area contributed by atoms with Crippen LogP contribution in [0.25, 0.3) is 0 Å². The summed E-state index contributed by atoms with van der Waals surface area (Å²) < 4.78 is 5.09. The van der Waals surface area contributed by atoms with Crippen molar-refractivity contribution in [3.05, 3.63) is 27.4 Å². The number of aromatic amines is 1. The van der Waals surface area contributed by atoms with E-state index in [0.29, 0.717) is 17.1 Å². The van der Waals surface area contributed by atoms with Crippen LogP contribution in [-0.4, -0.2) is 21.7 Å². The number of nitrogens with zero attached hydrogens (tertiary/aromatic N) is 1. The van der Waals surface area contributed by atoms with Crippen LogP contribution in [0.4, 0.5) is 4.79 Å². The molecular formula is C13H22N4O3. The third kappa shape index (κ3) is 4.65. The van der Waals surface area contributed by atoms with E-state index in [9.17, 15) is 9.59 Å². The molecule has 112 valence electrons. The Labute approximate surface area is 118 Å². The van der Waals surface area contributed by atoms with Gasteiger partial charge in [-0.15, -0.1) is 0 Å². The molecule has 0 aliphatic carbocycles. The summed E-state index contributed by atoms with van der Waals surface area (Å²) >= 11 is 0. The minimum atomic E-state index is -0.599. The van der Waals surface area contributed by atoms with Crippen LogP contribution < -0.4 is 16.4 Å². The number of hydrogen-bond acceptors (Lipinski definition) is 5. The van der Waals surface area contributed by atoms with Crippen molar-refractivity contribution in [2.75, 3.05) is 0 Å². The fourth-order valence-corrected chi connectivity index (χ4v) is 1.79. The molecule has 7 heteroatoms. The maximum absolute atomic E-state index is 11.9. The van der Waals surface area contributed by atoms with Gasteiger partial charge in [0.2, 0.25) is 0 Å². The van der Waals surface area contributed by atoms with Gasteiger partial charge < -0.3 is 9.72 Å². The lowest BCUT2D eigenvalue weighted by molar-refractivity contribution is 0.0489. The van der Waals surface area contributed by atoms with Gasteiger partial charge in [-0.3, -0.25) is 10.2 Å². The zero-order chi connectivity index (χ0) is 15.5. The van der Waals surface area contributed by atoms with Crippen molar-refractivity contribution >= 4 is 6.09 Å². The van der Waals surface area contributed by atoms with Gasteiger partial charge in [0, 0.05) is 5.69 Å². The summed E-state index contributed by atoms with van der Waals surface area (Å²) in [6.07, 6.45) is -0.599. The Morgan fingerprint density at radius 2 is 1.95 bits per heavy atom. The fourth-order valence-electron chi connectivity index (χ4n) is 1.79. The zero-order valence-corrected chi connectivity index (χ0v) is 12.7. The Kier molecular flexibility index (Phi) is 4.88. The number of carbonyl (C=O) groups is 1. The van der Waals surface area contributed by atoms with Crippen molar-refractivity contribution in [3.8, 4) is 0 Å². The molecule has 20 heavy (non-hydrogen) atoms. The summed E-state index contributed by atoms with van der Waals surface area (Å²) in [5.41, 5.74) is 5.46. The van der Waals surface area contributed by atoms with E-state index in [4.69, 9.17) is 4.74 Å². The second kappa shape index (κ2) is 6.04. The molecule has 1 atom stereocenters. The standard InChI is InChI=1S/C13H22N4O3/c1-7-10(11(18)15-9(3)14-7)8(2)16-17-12(19)20-13(4,5)6/h8,16H,1-6H3,(H,17,19)(H,14,15,18). The molecule has 0 saturated carbocycles. The number of rotatable bonds is 3. The predicted octanol–water partition coefficient (Wildman–Crippen LogP) is 1.48. The Morgan fingerprint density at radius 3 is 2.45 bits per heavy atom. The van der Waals surface area contributed by atoms with Crippen LogP contribution in [0.2, 0.25) is 0 Å². The monoisotopic (exact) mass is 282 g/mol. The number of ether oxygens (including phenoxy) is 1. The Balaban J connectivity index is 2.71. The topological polar surface area (TPSA) is 96.1 Å². The normalized spacial score (nSPS) is 12.9. The van der Waals surface area contributed by atoms with E-state index < -0.39 is 11.7 Å². The lowest BCUT2D eigenvalue weighted by Crippen LogP contribution is -2.43. The van der Waals surface area contributed by atoms with Crippen molar-refractivity contribution in [1.82, 2.24) is 20.8 Å². The third-order valence-corrected chi connectivity index (χ3v) is 2.49. The molecule has 3 N–H and O–H groups in total. The van der Waals surface area contributed by atoms with Crippen LogP contribution in [0, 0.1) is 13.8 Å². The molecule has 0 radical (unpaired) electrons. The van der Waals surface area contributed by atoms with Crippen LogP contribution >= 0.6 is 0 Å². The van der Waals surface area contributed by atoms with Gasteiger partial charge in [0.15, 0.2) is 0 Å². The molecule has 1 amide bonds. The minimum absolute atomic E-state index is 0.221. The molecule has 0 saturated heterocycles. The average Bonchev–Trinajstić information content (AvgIpc) is 2.22. The maximum Gasteiger partial charge on any atom is 0.422 e. The van der Waals surface area contributed by atoms with E-state index >= 15 is 0 Å². The van der Waals surface area contributed by atoms with Crippen LogP contribution in [-0.2, 0) is 4.74 Å². The van der Waals surface area contributed by atoms with Gasteiger partial charge in [0.1, 0.15) is 11.4 Å². The highest BCUT2D eigenvalue weighted by Crippen LogP contribution is 2.10. The van der Waals surface area contributed by atoms with Crippen molar-refractivity contribution in [3.63, 3.8) is 0 Å². The first-order chi connectivity index (χ1) is 9.10. The largest absolute Gasteiger partial charge is 0.443 e. The highest BCUT2D eigenvalue weighted by molar-refractivity contribution is 5.67. The smallest absolute Gasteiger partial charge is 0.422 e. The lowest BCUT2D eigenvalue weighted by Gasteiger charge is -2.21. The molecule has 0 spiro atoms. The van der Waals surface area contributed by atoms with Crippen LogP contribution in [0.5, 0.6) is 0 Å². The Morgan fingerprint density at radius 1 is 1.35 bits per heavy atom. The summed E-state index contributed by atoms with van der Waals surface area (Å²) in [5, 5.41) is 0. The molecule has 0 fully saturated rings. The second-order valence-corrected chi connectivity index (χ2v) is 5.64. The Bertz CT molecular complexity index is 546. The van der Waals surface area contributed by atoms with Crippen molar-refractivity contribution in [2.45, 2.75) is 53.2 Å². The molecule has 0 bridgehead atoms. The van der Waals surface area contributed by atoms with E-state index in [2.05, 4.69) is 20.8 Å². The summed E-state index contributed by atoms with van der Waals surface area (Å²) in [4.78, 5) is 30.3. The van der Waals surface area contributed by atoms with Gasteiger partial charge in [-0.1, -0.05) is 0 Å². The predicted molar refractivity (Wildman–Crippen MR) is 75.3 cm³/mol. The molecule has 7 nitrogen and oxygen atoms in total. The van der Waals surface area contributed by atoms with Crippen LogP contribution in [0.15, 0.2) is 4.79 Å². The maximum atomic E-state index is 11.9. The number of H-pyrrole nitrogens is 1. The van der Waals surface area contributed by atoms with Crippen LogP contribution in [0.1, 0.15) is 50.8 Å². The molecule has 1 aromatic heterocycles. The first-order valence-corrected chi connectivity index (χ1v) is 6.42. The average molecular weight is 282 g/mol. The van der Waals surface area contributed by atoms with E-state index in [1.54, 1.807) is 41.5 Å². The van der Waals surface area contributed by atoms with Gasteiger partial charge in [-0.25, -0.2) is 15.2 Å². The molecular weight excluding hydrogens is 260 g/mol. The van der Waals surface area contributed by atoms with Crippen molar-refractivity contribution in [1.29, 1.82) is 0 Å². The SMILES string of the molecule is Cc1nc(C)c(C(C)NNC(=O)OC(C)(C)C)c(=O)[nH]1. The van der Waals surface area contributed by atoms with Crippen LogP contribution in [0.3, 0.4) is 0 Å². The number of carbonyl (C=O) groups excluding carboxylic acids is 1. The van der Waals surface area contributed by atoms with Crippen molar-refractivity contribution in [2.24, 2.45) is 0 Å². The molecule has 0 aliphatic heterocycles. The summed E-state index contributed by atoms with van der Waals surface area (Å²) in [6.45, 7) is 10.5. The number of hydrogen-bond donors (Lipinski definition) is 3. The highest BCUT2D eigenvalue weighted by Gasteiger charge is 2.18. The zero-order valence-electron chi connectivity index (χ0n) is 12.7. The molecule has 0 aromatic carbocycles. The van der Waals surface area contributed by atoms with Gasteiger partial charge in [0.25, 0.3) is 5.56 Å². The van der Waals surface area contributed by atoms with Gasteiger partial charge in [-0.05, 0) is 41.5 Å². The number of aryl methyl sites for hydroxylation is 2. The molecule has 1 aromatic rings. The number of amides is 1.